The number of benzene rings is 2. The Morgan fingerprint density at radius 3 is 2.13 bits per heavy atom. The summed E-state index contributed by atoms with van der Waals surface area (Å²) in [6.45, 7) is 3.85. The minimum absolute atomic E-state index is 0.0309. The summed E-state index contributed by atoms with van der Waals surface area (Å²) in [4.78, 5) is 4.42. The molecule has 3 aromatic rings. The number of rotatable bonds is 4. The second-order valence-electron chi connectivity index (χ2n) is 5.63. The maximum absolute atomic E-state index is 12.8. The first-order valence-electron chi connectivity index (χ1n) is 7.44. The highest BCUT2D eigenvalue weighted by Crippen LogP contribution is 2.24. The molecule has 0 unspecified atom stereocenters. The molecule has 2 aromatic carbocycles. The van der Waals surface area contributed by atoms with Crippen LogP contribution in [0.15, 0.2) is 71.9 Å². The molecule has 1 aromatic heterocycles. The molecule has 0 atom stereocenters. The first-order valence-corrected chi connectivity index (χ1v) is 8.88. The Labute approximate surface area is 136 Å². The zero-order chi connectivity index (χ0) is 16.4. The van der Waals surface area contributed by atoms with Gasteiger partial charge in [0.05, 0.1) is 4.90 Å². The lowest BCUT2D eigenvalue weighted by molar-refractivity contribution is 0.581. The summed E-state index contributed by atoms with van der Waals surface area (Å²) < 4.78 is 26.8. The highest BCUT2D eigenvalue weighted by Gasteiger charge is 2.21. The van der Waals surface area contributed by atoms with E-state index in [1.165, 1.54) is 16.4 Å². The van der Waals surface area contributed by atoms with Crippen LogP contribution in [0, 0.1) is 0 Å². The van der Waals surface area contributed by atoms with Crippen molar-refractivity contribution in [2.75, 3.05) is 0 Å². The third kappa shape index (κ3) is 2.92. The van der Waals surface area contributed by atoms with E-state index in [0.29, 0.717) is 5.82 Å². The quantitative estimate of drug-likeness (QED) is 0.730. The summed E-state index contributed by atoms with van der Waals surface area (Å²) in [5.41, 5.74) is 2.04. The number of hydrogen-bond acceptors (Lipinski definition) is 3. The third-order valence-electron chi connectivity index (χ3n) is 3.67. The first-order chi connectivity index (χ1) is 11.0. The first kappa shape index (κ1) is 15.5. The van der Waals surface area contributed by atoms with E-state index < -0.39 is 10.0 Å². The summed E-state index contributed by atoms with van der Waals surface area (Å²) in [6, 6.07) is 16.8. The molecule has 0 radical (unpaired) electrons. The van der Waals surface area contributed by atoms with Gasteiger partial charge in [-0.3, -0.25) is 0 Å². The molecule has 0 N–H and O–H groups in total. The van der Waals surface area contributed by atoms with Gasteiger partial charge in [-0.25, -0.2) is 17.4 Å². The summed E-state index contributed by atoms with van der Waals surface area (Å²) in [5, 5.41) is 0. The van der Waals surface area contributed by atoms with Gasteiger partial charge in [-0.15, -0.1) is 0 Å². The van der Waals surface area contributed by atoms with Gasteiger partial charge in [-0.2, -0.15) is 0 Å². The Morgan fingerprint density at radius 1 is 0.913 bits per heavy atom. The monoisotopic (exact) mass is 326 g/mol. The zero-order valence-corrected chi connectivity index (χ0v) is 13.9. The Kier molecular flexibility index (Phi) is 4.05. The second-order valence-corrected chi connectivity index (χ2v) is 7.45. The average Bonchev–Trinajstić information content (AvgIpc) is 3.07. The molecule has 0 aliphatic rings. The molecule has 1 heterocycles. The molecule has 5 heteroatoms. The molecule has 0 aliphatic carbocycles. The maximum Gasteiger partial charge on any atom is 0.269 e. The average molecular weight is 326 g/mol. The van der Waals surface area contributed by atoms with Gasteiger partial charge in [0.25, 0.3) is 10.0 Å². The maximum atomic E-state index is 12.8. The lowest BCUT2D eigenvalue weighted by atomic mass is 10.1. The van der Waals surface area contributed by atoms with Gasteiger partial charge in [0, 0.05) is 18.3 Å². The second kappa shape index (κ2) is 6.01. The van der Waals surface area contributed by atoms with E-state index in [1.807, 2.05) is 56.3 Å². The largest absolute Gasteiger partial charge is 0.269 e. The number of nitrogens with zero attached hydrogens (tertiary/aromatic N) is 2. The van der Waals surface area contributed by atoms with Crippen LogP contribution in [0.1, 0.15) is 25.6 Å². The van der Waals surface area contributed by atoms with Crippen molar-refractivity contribution in [2.45, 2.75) is 24.7 Å². The van der Waals surface area contributed by atoms with Crippen LogP contribution in [0.5, 0.6) is 0 Å². The number of aromatic nitrogens is 2. The van der Waals surface area contributed by atoms with E-state index >= 15 is 0 Å². The predicted molar refractivity (Wildman–Crippen MR) is 90.8 cm³/mol. The van der Waals surface area contributed by atoms with Crippen LogP contribution in [0.4, 0.5) is 0 Å². The highest BCUT2D eigenvalue weighted by molar-refractivity contribution is 7.90. The Balaban J connectivity index is 2.00. The van der Waals surface area contributed by atoms with Crippen molar-refractivity contribution >= 4 is 10.0 Å². The molecule has 0 aliphatic heterocycles. The fourth-order valence-corrected chi connectivity index (χ4v) is 3.90. The molecule has 0 saturated carbocycles. The molecule has 0 fully saturated rings. The smallest absolute Gasteiger partial charge is 0.240 e. The molecule has 0 bridgehead atoms. The van der Waals surface area contributed by atoms with Crippen molar-refractivity contribution < 1.29 is 8.42 Å². The molecule has 0 saturated heterocycles. The van der Waals surface area contributed by atoms with Gasteiger partial charge >= 0.3 is 0 Å². The van der Waals surface area contributed by atoms with Crippen LogP contribution >= 0.6 is 0 Å². The SMILES string of the molecule is CC(C)c1nccn1S(=O)(=O)c1ccc(-c2ccccc2)cc1. The van der Waals surface area contributed by atoms with E-state index in [2.05, 4.69) is 4.98 Å². The number of hydrogen-bond donors (Lipinski definition) is 0. The van der Waals surface area contributed by atoms with E-state index in [0.717, 1.165) is 11.1 Å². The third-order valence-corrected chi connectivity index (χ3v) is 5.36. The fraction of sp³-hybridized carbons (Fsp3) is 0.167. The van der Waals surface area contributed by atoms with Crippen LogP contribution in [0.2, 0.25) is 0 Å². The summed E-state index contributed by atoms with van der Waals surface area (Å²) in [6.07, 6.45) is 3.01. The van der Waals surface area contributed by atoms with Crippen molar-refractivity contribution in [3.05, 3.63) is 72.8 Å². The Morgan fingerprint density at radius 2 is 1.52 bits per heavy atom. The molecular weight excluding hydrogens is 308 g/mol. The van der Waals surface area contributed by atoms with E-state index in [4.69, 9.17) is 0 Å². The molecule has 23 heavy (non-hydrogen) atoms. The molecular formula is C18H18N2O2S. The van der Waals surface area contributed by atoms with Crippen LogP contribution in [-0.4, -0.2) is 17.4 Å². The topological polar surface area (TPSA) is 52.0 Å². The van der Waals surface area contributed by atoms with Gasteiger partial charge in [0.2, 0.25) is 0 Å². The van der Waals surface area contributed by atoms with E-state index in [-0.39, 0.29) is 10.8 Å². The van der Waals surface area contributed by atoms with Gasteiger partial charge in [0.1, 0.15) is 5.82 Å². The molecule has 118 valence electrons. The lowest BCUT2D eigenvalue weighted by Crippen LogP contribution is -2.16. The molecule has 4 nitrogen and oxygen atoms in total. The zero-order valence-electron chi connectivity index (χ0n) is 13.0. The van der Waals surface area contributed by atoms with E-state index in [1.54, 1.807) is 12.1 Å². The molecule has 0 amide bonds. The van der Waals surface area contributed by atoms with Gasteiger partial charge < -0.3 is 0 Å². The predicted octanol–water partition coefficient (Wildman–Crippen LogP) is 3.91. The van der Waals surface area contributed by atoms with Crippen molar-refractivity contribution in [3.63, 3.8) is 0 Å². The molecule has 3 rings (SSSR count). The van der Waals surface area contributed by atoms with Gasteiger partial charge in [-0.1, -0.05) is 56.3 Å². The minimum atomic E-state index is -3.62. The van der Waals surface area contributed by atoms with Crippen molar-refractivity contribution in [1.29, 1.82) is 0 Å². The van der Waals surface area contributed by atoms with Crippen LogP contribution in [0.25, 0.3) is 11.1 Å². The Hall–Kier alpha value is -2.40. The Bertz CT molecular complexity index is 896. The fourth-order valence-electron chi connectivity index (χ4n) is 2.47. The standard InChI is InChI=1S/C18H18N2O2S/c1-14(2)18-19-12-13-20(18)23(21,22)17-10-8-16(9-11-17)15-6-4-3-5-7-15/h3-14H,1-2H3. The summed E-state index contributed by atoms with van der Waals surface area (Å²) in [5.74, 6) is 0.570. The highest BCUT2D eigenvalue weighted by atomic mass is 32.2. The molecule has 0 spiro atoms. The lowest BCUT2D eigenvalue weighted by Gasteiger charge is -2.11. The van der Waals surface area contributed by atoms with E-state index in [9.17, 15) is 8.42 Å². The normalized spacial score (nSPS) is 11.8. The van der Waals surface area contributed by atoms with Gasteiger partial charge in [-0.05, 0) is 23.3 Å². The van der Waals surface area contributed by atoms with Crippen LogP contribution in [-0.2, 0) is 10.0 Å². The summed E-state index contributed by atoms with van der Waals surface area (Å²) >= 11 is 0. The summed E-state index contributed by atoms with van der Waals surface area (Å²) in [7, 11) is -3.62. The van der Waals surface area contributed by atoms with Crippen molar-refractivity contribution in [3.8, 4) is 11.1 Å². The van der Waals surface area contributed by atoms with Crippen LogP contribution in [0.3, 0.4) is 0 Å². The minimum Gasteiger partial charge on any atom is -0.240 e. The van der Waals surface area contributed by atoms with Crippen LogP contribution < -0.4 is 0 Å². The number of imidazole rings is 1. The van der Waals surface area contributed by atoms with Crippen molar-refractivity contribution in [1.82, 2.24) is 8.96 Å². The van der Waals surface area contributed by atoms with Crippen molar-refractivity contribution in [2.24, 2.45) is 0 Å². The van der Waals surface area contributed by atoms with Gasteiger partial charge in [0.15, 0.2) is 0 Å².